The van der Waals surface area contributed by atoms with Gasteiger partial charge in [0.1, 0.15) is 5.76 Å². The fraction of sp³-hybridized carbons (Fsp3) is 0.571. The van der Waals surface area contributed by atoms with Crippen LogP contribution in [-0.2, 0) is 6.18 Å². The van der Waals surface area contributed by atoms with Crippen LogP contribution in [0.25, 0.3) is 0 Å². The van der Waals surface area contributed by atoms with Gasteiger partial charge in [-0.05, 0) is 19.3 Å². The standard InChI is InChI=1S/C14H13F3N4O3/c15-14(16,17)13-18-11(20-24-13)8-3-4-21(6-8)12(22)9-5-10(23-19-9)7-1-2-7/h5,7-8H,1-4,6H2. The summed E-state index contributed by atoms with van der Waals surface area (Å²) in [6.07, 6.45) is -2.13. The van der Waals surface area contributed by atoms with Gasteiger partial charge in [0.05, 0.1) is 0 Å². The molecular formula is C14H13F3N4O3. The van der Waals surface area contributed by atoms with E-state index in [-0.39, 0.29) is 29.9 Å². The molecule has 1 unspecified atom stereocenters. The number of carbonyl (C=O) groups is 1. The number of halogens is 3. The molecule has 0 radical (unpaired) electrons. The Hall–Kier alpha value is -2.39. The second-order valence-electron chi connectivity index (χ2n) is 6.08. The van der Waals surface area contributed by atoms with Crippen LogP contribution in [0.5, 0.6) is 0 Å². The monoisotopic (exact) mass is 342 g/mol. The molecule has 1 saturated heterocycles. The first-order chi connectivity index (χ1) is 11.4. The van der Waals surface area contributed by atoms with E-state index in [1.54, 1.807) is 6.07 Å². The minimum absolute atomic E-state index is 0.0311. The molecular weight excluding hydrogens is 329 g/mol. The second-order valence-corrected chi connectivity index (χ2v) is 6.08. The maximum Gasteiger partial charge on any atom is 0.471 e. The molecule has 0 aromatic carbocycles. The molecule has 3 heterocycles. The van der Waals surface area contributed by atoms with Gasteiger partial charge in [-0.2, -0.15) is 18.2 Å². The van der Waals surface area contributed by atoms with E-state index in [0.29, 0.717) is 24.6 Å². The number of rotatable bonds is 3. The van der Waals surface area contributed by atoms with Gasteiger partial charge in [-0.3, -0.25) is 4.79 Å². The molecule has 0 N–H and O–H groups in total. The number of hydrogen-bond donors (Lipinski definition) is 0. The minimum atomic E-state index is -4.67. The topological polar surface area (TPSA) is 85.3 Å². The Morgan fingerprint density at radius 3 is 2.62 bits per heavy atom. The summed E-state index contributed by atoms with van der Waals surface area (Å²) >= 11 is 0. The lowest BCUT2D eigenvalue weighted by atomic mass is 10.1. The molecule has 128 valence electrons. The first kappa shape index (κ1) is 15.2. The highest BCUT2D eigenvalue weighted by Crippen LogP contribution is 2.40. The van der Waals surface area contributed by atoms with Crippen LogP contribution in [-0.4, -0.2) is 39.2 Å². The van der Waals surface area contributed by atoms with Gasteiger partial charge in [0, 0.05) is 31.0 Å². The predicted octanol–water partition coefficient (Wildman–Crippen LogP) is 2.58. The number of aromatic nitrogens is 3. The Labute approximate surface area is 133 Å². The summed E-state index contributed by atoms with van der Waals surface area (Å²) in [4.78, 5) is 17.3. The van der Waals surface area contributed by atoms with Crippen molar-refractivity contribution in [2.24, 2.45) is 0 Å². The lowest BCUT2D eigenvalue weighted by Crippen LogP contribution is -2.28. The van der Waals surface area contributed by atoms with Crippen molar-refractivity contribution in [3.05, 3.63) is 29.2 Å². The van der Waals surface area contributed by atoms with Crippen molar-refractivity contribution in [3.8, 4) is 0 Å². The van der Waals surface area contributed by atoms with E-state index in [2.05, 4.69) is 19.8 Å². The van der Waals surface area contributed by atoms with Crippen LogP contribution in [0, 0.1) is 0 Å². The highest BCUT2D eigenvalue weighted by molar-refractivity contribution is 5.92. The van der Waals surface area contributed by atoms with Crippen LogP contribution in [0.4, 0.5) is 13.2 Å². The second kappa shape index (κ2) is 5.32. The number of amides is 1. The molecule has 2 aromatic rings. The Balaban J connectivity index is 1.43. The molecule has 2 aromatic heterocycles. The quantitative estimate of drug-likeness (QED) is 0.852. The lowest BCUT2D eigenvalue weighted by molar-refractivity contribution is -0.159. The molecule has 4 rings (SSSR count). The first-order valence-corrected chi connectivity index (χ1v) is 7.58. The largest absolute Gasteiger partial charge is 0.471 e. The third kappa shape index (κ3) is 2.76. The van der Waals surface area contributed by atoms with E-state index >= 15 is 0 Å². The van der Waals surface area contributed by atoms with Crippen LogP contribution >= 0.6 is 0 Å². The molecule has 2 aliphatic rings. The molecule has 1 atom stereocenters. The zero-order valence-electron chi connectivity index (χ0n) is 12.4. The molecule has 2 fully saturated rings. The van der Waals surface area contributed by atoms with E-state index < -0.39 is 12.1 Å². The van der Waals surface area contributed by atoms with Crippen LogP contribution in [0.15, 0.2) is 15.1 Å². The molecule has 1 aliphatic carbocycles. The summed E-state index contributed by atoms with van der Waals surface area (Å²) in [6.45, 7) is 0.617. The smallest absolute Gasteiger partial charge is 0.360 e. The summed E-state index contributed by atoms with van der Waals surface area (Å²) in [6, 6.07) is 1.64. The highest BCUT2D eigenvalue weighted by Gasteiger charge is 2.40. The molecule has 1 amide bonds. The zero-order valence-corrected chi connectivity index (χ0v) is 12.4. The minimum Gasteiger partial charge on any atom is -0.360 e. The van der Waals surface area contributed by atoms with Gasteiger partial charge in [0.2, 0.25) is 0 Å². The van der Waals surface area contributed by atoms with Crippen LogP contribution in [0.2, 0.25) is 0 Å². The predicted molar refractivity (Wildman–Crippen MR) is 71.0 cm³/mol. The van der Waals surface area contributed by atoms with Crippen molar-refractivity contribution < 1.29 is 27.0 Å². The van der Waals surface area contributed by atoms with Gasteiger partial charge in [0.15, 0.2) is 11.5 Å². The Kier molecular flexibility index (Phi) is 3.36. The summed E-state index contributed by atoms with van der Waals surface area (Å²) in [5, 5.41) is 7.18. The van der Waals surface area contributed by atoms with Gasteiger partial charge >= 0.3 is 12.1 Å². The number of hydrogen-bond acceptors (Lipinski definition) is 6. The van der Waals surface area contributed by atoms with E-state index in [1.807, 2.05) is 0 Å². The van der Waals surface area contributed by atoms with Crippen LogP contribution in [0.3, 0.4) is 0 Å². The molecule has 24 heavy (non-hydrogen) atoms. The third-order valence-electron chi connectivity index (χ3n) is 4.25. The molecule has 10 heteroatoms. The van der Waals surface area contributed by atoms with Gasteiger partial charge in [0.25, 0.3) is 5.91 Å². The zero-order chi connectivity index (χ0) is 16.9. The maximum atomic E-state index is 12.5. The van der Waals surface area contributed by atoms with Crippen LogP contribution < -0.4 is 0 Å². The highest BCUT2D eigenvalue weighted by atomic mass is 19.4. The van der Waals surface area contributed by atoms with E-state index in [9.17, 15) is 18.0 Å². The van der Waals surface area contributed by atoms with E-state index in [4.69, 9.17) is 4.52 Å². The van der Waals surface area contributed by atoms with Crippen molar-refractivity contribution in [1.82, 2.24) is 20.2 Å². The van der Waals surface area contributed by atoms with Crippen LogP contribution in [0.1, 0.15) is 59.1 Å². The third-order valence-corrected chi connectivity index (χ3v) is 4.25. The average Bonchev–Trinajstić information content (AvgIpc) is 3.02. The van der Waals surface area contributed by atoms with Gasteiger partial charge in [-0.1, -0.05) is 10.3 Å². The van der Waals surface area contributed by atoms with Gasteiger partial charge in [-0.15, -0.1) is 0 Å². The molecule has 1 saturated carbocycles. The Bertz CT molecular complexity index is 765. The SMILES string of the molecule is O=C(c1cc(C2CC2)on1)N1CCC(c2noc(C(F)(F)F)n2)C1. The van der Waals surface area contributed by atoms with Crippen molar-refractivity contribution in [3.63, 3.8) is 0 Å². The van der Waals surface area contributed by atoms with E-state index in [0.717, 1.165) is 12.8 Å². The lowest BCUT2D eigenvalue weighted by Gasteiger charge is -2.13. The Morgan fingerprint density at radius 2 is 1.96 bits per heavy atom. The van der Waals surface area contributed by atoms with Gasteiger partial charge in [-0.25, -0.2) is 0 Å². The van der Waals surface area contributed by atoms with Crippen molar-refractivity contribution >= 4 is 5.91 Å². The fourth-order valence-electron chi connectivity index (χ4n) is 2.78. The first-order valence-electron chi connectivity index (χ1n) is 7.58. The summed E-state index contributed by atoms with van der Waals surface area (Å²) in [5.74, 6) is -1.02. The molecule has 0 bridgehead atoms. The summed E-state index contributed by atoms with van der Waals surface area (Å²) in [7, 11) is 0. The van der Waals surface area contributed by atoms with Crippen molar-refractivity contribution in [2.75, 3.05) is 13.1 Å². The number of nitrogens with zero attached hydrogens (tertiary/aromatic N) is 4. The number of carbonyl (C=O) groups excluding carboxylic acids is 1. The average molecular weight is 342 g/mol. The number of alkyl halides is 3. The summed E-state index contributed by atoms with van der Waals surface area (Å²) < 4.78 is 46.9. The molecule has 1 aliphatic heterocycles. The number of likely N-dealkylation sites (tertiary alicyclic amines) is 1. The normalized spacial score (nSPS) is 21.5. The molecule has 0 spiro atoms. The summed E-state index contributed by atoms with van der Waals surface area (Å²) in [5.41, 5.74) is 0.224. The fourth-order valence-corrected chi connectivity index (χ4v) is 2.78. The van der Waals surface area contributed by atoms with Crippen molar-refractivity contribution in [2.45, 2.75) is 37.3 Å². The van der Waals surface area contributed by atoms with Gasteiger partial charge < -0.3 is 13.9 Å². The maximum absolute atomic E-state index is 12.5. The van der Waals surface area contributed by atoms with E-state index in [1.165, 1.54) is 4.90 Å². The van der Waals surface area contributed by atoms with Crippen molar-refractivity contribution in [1.29, 1.82) is 0 Å². The molecule has 7 nitrogen and oxygen atoms in total. The Morgan fingerprint density at radius 1 is 1.17 bits per heavy atom.